The Morgan fingerprint density at radius 2 is 2.38 bits per heavy atom. The molecule has 106 valence electrons. The number of nitrogens with two attached hydrogens (primary N) is 1. The van der Waals surface area contributed by atoms with Gasteiger partial charge < -0.3 is 15.0 Å². The molecule has 2 N–H and O–H groups in total. The lowest BCUT2D eigenvalue weighted by Gasteiger charge is -2.30. The number of aryl methyl sites for hydroxylation is 1. The van der Waals surface area contributed by atoms with E-state index in [1.165, 1.54) is 7.11 Å². The number of fused-ring (bicyclic) bond motifs is 1. The van der Waals surface area contributed by atoms with Gasteiger partial charge in [-0.2, -0.15) is 5.26 Å². The molecule has 3 rings (SSSR count). The van der Waals surface area contributed by atoms with Gasteiger partial charge in [0.25, 0.3) is 0 Å². The number of aromatic nitrogens is 2. The van der Waals surface area contributed by atoms with Crippen LogP contribution in [-0.4, -0.2) is 22.6 Å². The predicted molar refractivity (Wildman–Crippen MR) is 75.2 cm³/mol. The summed E-state index contributed by atoms with van der Waals surface area (Å²) in [6, 6.07) is 7.00. The van der Waals surface area contributed by atoms with Gasteiger partial charge in [-0.3, -0.25) is 0 Å². The molecule has 2 heterocycles. The van der Waals surface area contributed by atoms with Crippen molar-refractivity contribution in [2.45, 2.75) is 18.4 Å². The number of carbonyl (C=O) groups is 1. The number of rotatable bonds is 2. The number of hydrogen-bond acceptors (Lipinski definition) is 5. The van der Waals surface area contributed by atoms with Crippen LogP contribution in [0.2, 0.25) is 0 Å². The second-order valence-corrected chi connectivity index (χ2v) is 5.02. The molecule has 6 nitrogen and oxygen atoms in total. The highest BCUT2D eigenvalue weighted by Gasteiger charge is 2.48. The number of benzene rings is 1. The van der Waals surface area contributed by atoms with Crippen molar-refractivity contribution in [3.8, 4) is 6.07 Å². The largest absolute Gasteiger partial charge is 0.467 e. The first kappa shape index (κ1) is 13.2. The van der Waals surface area contributed by atoms with Crippen LogP contribution in [0.4, 0.5) is 5.69 Å². The molecule has 0 radical (unpaired) electrons. The van der Waals surface area contributed by atoms with Crippen LogP contribution >= 0.6 is 0 Å². The average Bonchev–Trinajstić information content (AvgIpc) is 3.09. The lowest BCUT2D eigenvalue weighted by Crippen LogP contribution is -2.41. The van der Waals surface area contributed by atoms with Crippen molar-refractivity contribution in [1.29, 1.82) is 5.26 Å². The Balaban J connectivity index is 2.24. The molecule has 1 unspecified atom stereocenters. The third kappa shape index (κ3) is 1.71. The Labute approximate surface area is 121 Å². The van der Waals surface area contributed by atoms with Crippen molar-refractivity contribution < 1.29 is 9.53 Å². The number of nitrogens with zero attached hydrogens (tertiary/aromatic N) is 3. The predicted octanol–water partition coefficient (Wildman–Crippen LogP) is 1.20. The van der Waals surface area contributed by atoms with Crippen LogP contribution in [0, 0.1) is 11.3 Å². The zero-order valence-electron chi connectivity index (χ0n) is 11.5. The van der Waals surface area contributed by atoms with Crippen molar-refractivity contribution >= 4 is 11.7 Å². The van der Waals surface area contributed by atoms with E-state index in [4.69, 9.17) is 15.7 Å². The standard InChI is InChI=1S/C15H14N4O2/c1-21-14(20)15(5-4-11-8-18-9-19(11)15)12-3-2-10(7-16)6-13(12)17/h2-3,6,8-9H,4-5,17H2,1H3. The minimum atomic E-state index is -1.00. The van der Waals surface area contributed by atoms with Crippen LogP contribution in [0.15, 0.2) is 30.7 Å². The molecule has 0 fully saturated rings. The molecular weight excluding hydrogens is 268 g/mol. The number of imidazole rings is 1. The van der Waals surface area contributed by atoms with Crippen LogP contribution in [0.1, 0.15) is 23.2 Å². The molecule has 0 bridgehead atoms. The molecule has 1 aliphatic rings. The van der Waals surface area contributed by atoms with E-state index >= 15 is 0 Å². The van der Waals surface area contributed by atoms with E-state index in [2.05, 4.69) is 4.98 Å². The van der Waals surface area contributed by atoms with Gasteiger partial charge >= 0.3 is 5.97 Å². The van der Waals surface area contributed by atoms with Gasteiger partial charge in [-0.25, -0.2) is 9.78 Å². The zero-order valence-corrected chi connectivity index (χ0v) is 11.5. The highest BCUT2D eigenvalue weighted by molar-refractivity contribution is 5.86. The van der Waals surface area contributed by atoms with Gasteiger partial charge in [0.1, 0.15) is 0 Å². The van der Waals surface area contributed by atoms with Crippen LogP contribution in [0.3, 0.4) is 0 Å². The first-order chi connectivity index (χ1) is 10.1. The van der Waals surface area contributed by atoms with Gasteiger partial charge in [-0.15, -0.1) is 0 Å². The summed E-state index contributed by atoms with van der Waals surface area (Å²) in [7, 11) is 1.36. The monoisotopic (exact) mass is 282 g/mol. The maximum Gasteiger partial charge on any atom is 0.336 e. The Kier molecular flexibility index (Phi) is 2.91. The van der Waals surface area contributed by atoms with Crippen molar-refractivity contribution in [3.05, 3.63) is 47.5 Å². The van der Waals surface area contributed by atoms with E-state index in [-0.39, 0.29) is 5.97 Å². The number of esters is 1. The number of anilines is 1. The molecule has 1 atom stereocenters. The quantitative estimate of drug-likeness (QED) is 0.659. The summed E-state index contributed by atoms with van der Waals surface area (Å²) in [4.78, 5) is 16.6. The number of ether oxygens (including phenoxy) is 1. The van der Waals surface area contributed by atoms with Crippen LogP contribution in [-0.2, 0) is 21.5 Å². The molecule has 0 spiro atoms. The minimum Gasteiger partial charge on any atom is -0.467 e. The summed E-state index contributed by atoms with van der Waals surface area (Å²) in [5.41, 5.74) is 7.55. The second-order valence-electron chi connectivity index (χ2n) is 5.02. The van der Waals surface area contributed by atoms with Crippen LogP contribution in [0.5, 0.6) is 0 Å². The van der Waals surface area contributed by atoms with Crippen LogP contribution in [0.25, 0.3) is 0 Å². The summed E-state index contributed by atoms with van der Waals surface area (Å²) < 4.78 is 6.84. The summed E-state index contributed by atoms with van der Waals surface area (Å²) in [6.07, 6.45) is 4.64. The summed E-state index contributed by atoms with van der Waals surface area (Å²) in [5, 5.41) is 8.95. The van der Waals surface area contributed by atoms with E-state index in [9.17, 15) is 4.79 Å². The van der Waals surface area contributed by atoms with Gasteiger partial charge in [0, 0.05) is 23.1 Å². The van der Waals surface area contributed by atoms with Gasteiger partial charge in [-0.05, 0) is 25.0 Å². The summed E-state index contributed by atoms with van der Waals surface area (Å²) >= 11 is 0. The first-order valence-corrected chi connectivity index (χ1v) is 6.53. The van der Waals surface area contributed by atoms with E-state index in [1.807, 2.05) is 10.6 Å². The second kappa shape index (κ2) is 4.63. The van der Waals surface area contributed by atoms with E-state index in [0.29, 0.717) is 29.7 Å². The van der Waals surface area contributed by atoms with E-state index in [1.54, 1.807) is 30.7 Å². The SMILES string of the molecule is COC(=O)C1(c2ccc(C#N)cc2N)CCc2cncn21. The Hall–Kier alpha value is -2.81. The molecule has 1 aromatic heterocycles. The van der Waals surface area contributed by atoms with Crippen molar-refractivity contribution in [2.75, 3.05) is 12.8 Å². The highest BCUT2D eigenvalue weighted by atomic mass is 16.5. The van der Waals surface area contributed by atoms with Crippen LogP contribution < -0.4 is 5.73 Å². The van der Waals surface area contributed by atoms with E-state index in [0.717, 1.165) is 5.69 Å². The number of carbonyl (C=O) groups excluding carboxylic acids is 1. The first-order valence-electron chi connectivity index (χ1n) is 6.53. The summed E-state index contributed by atoms with van der Waals surface area (Å²) in [6.45, 7) is 0. The minimum absolute atomic E-state index is 0.379. The Morgan fingerprint density at radius 1 is 1.57 bits per heavy atom. The molecule has 0 amide bonds. The lowest BCUT2D eigenvalue weighted by molar-refractivity contribution is -0.148. The molecule has 0 saturated heterocycles. The molecule has 21 heavy (non-hydrogen) atoms. The Bertz CT molecular complexity index is 759. The topological polar surface area (TPSA) is 93.9 Å². The fraction of sp³-hybridized carbons (Fsp3) is 0.267. The third-order valence-corrected chi connectivity index (χ3v) is 4.02. The molecule has 6 heteroatoms. The molecule has 0 saturated carbocycles. The normalized spacial score (nSPS) is 19.8. The van der Waals surface area contributed by atoms with Crippen molar-refractivity contribution in [2.24, 2.45) is 0 Å². The fourth-order valence-corrected chi connectivity index (χ4v) is 3.03. The number of nitrogen functional groups attached to an aromatic ring is 1. The van der Waals surface area contributed by atoms with Crippen molar-refractivity contribution in [1.82, 2.24) is 9.55 Å². The lowest BCUT2D eigenvalue weighted by atomic mass is 9.86. The van der Waals surface area contributed by atoms with Gasteiger partial charge in [-0.1, -0.05) is 6.07 Å². The highest BCUT2D eigenvalue weighted by Crippen LogP contribution is 2.41. The maximum absolute atomic E-state index is 12.5. The number of hydrogen-bond donors (Lipinski definition) is 1. The smallest absolute Gasteiger partial charge is 0.336 e. The Morgan fingerprint density at radius 3 is 3.05 bits per heavy atom. The van der Waals surface area contributed by atoms with Gasteiger partial charge in [0.15, 0.2) is 5.54 Å². The molecular formula is C15H14N4O2. The fourth-order valence-electron chi connectivity index (χ4n) is 3.03. The maximum atomic E-state index is 12.5. The van der Waals surface area contributed by atoms with Gasteiger partial charge in [0.05, 0.1) is 25.1 Å². The average molecular weight is 282 g/mol. The number of nitriles is 1. The van der Waals surface area contributed by atoms with E-state index < -0.39 is 5.54 Å². The molecule has 1 aromatic carbocycles. The summed E-state index contributed by atoms with van der Waals surface area (Å²) in [5.74, 6) is -0.379. The molecule has 2 aromatic rings. The van der Waals surface area contributed by atoms with Gasteiger partial charge in [0.2, 0.25) is 0 Å². The van der Waals surface area contributed by atoms with Crippen molar-refractivity contribution in [3.63, 3.8) is 0 Å². The molecule has 0 aliphatic carbocycles. The number of methoxy groups -OCH3 is 1. The third-order valence-electron chi connectivity index (χ3n) is 4.02. The molecule has 1 aliphatic heterocycles. The zero-order chi connectivity index (χ0) is 15.0.